The van der Waals surface area contributed by atoms with E-state index in [1.807, 2.05) is 0 Å². The summed E-state index contributed by atoms with van der Waals surface area (Å²) in [5, 5.41) is 0.979. The van der Waals surface area contributed by atoms with Gasteiger partial charge in [0.15, 0.2) is 5.16 Å². The van der Waals surface area contributed by atoms with Crippen molar-refractivity contribution in [2.45, 2.75) is 5.16 Å². The fraction of sp³-hybridized carbons (Fsp3) is 0.0769. The molecule has 0 radical (unpaired) electrons. The summed E-state index contributed by atoms with van der Waals surface area (Å²) >= 11 is 18.9. The fourth-order valence-electron chi connectivity index (χ4n) is 1.52. The van der Waals surface area contributed by atoms with E-state index in [0.717, 1.165) is 0 Å². The highest BCUT2D eigenvalue weighted by atomic mass is 35.5. The normalized spacial score (nSPS) is 10.3. The third-order valence-corrected chi connectivity index (χ3v) is 4.01. The van der Waals surface area contributed by atoms with Crippen LogP contribution in [0.1, 0.15) is 20.7 Å². The molecule has 0 saturated heterocycles. The molecule has 2 rings (SSSR count). The summed E-state index contributed by atoms with van der Waals surface area (Å²) in [5.41, 5.74) is 4.64. The summed E-state index contributed by atoms with van der Waals surface area (Å²) < 4.78 is 0. The Hall–Kier alpha value is -1.54. The van der Waals surface area contributed by atoms with Gasteiger partial charge in [-0.15, -0.1) is 0 Å². The third kappa shape index (κ3) is 4.48. The molecule has 2 aromatic rings. The molecule has 1 aromatic carbocycles. The van der Waals surface area contributed by atoms with E-state index in [4.69, 9.17) is 34.8 Å². The van der Waals surface area contributed by atoms with Crippen LogP contribution in [0.25, 0.3) is 0 Å². The Bertz CT molecular complexity index is 773. The van der Waals surface area contributed by atoms with Gasteiger partial charge in [-0.25, -0.2) is 9.97 Å². The maximum absolute atomic E-state index is 12.0. The summed E-state index contributed by atoms with van der Waals surface area (Å²) in [7, 11) is 0. The van der Waals surface area contributed by atoms with Gasteiger partial charge in [0.1, 0.15) is 5.15 Å². The van der Waals surface area contributed by atoms with Crippen molar-refractivity contribution in [2.75, 3.05) is 6.26 Å². The molecule has 0 saturated carbocycles. The standard InChI is InChI=1S/C13H9Cl3N4O2S/c1-23-13-17-5-8(10(16)18-13)12(22)20-19-11(21)7-3-2-6(14)4-9(7)15/h2-5H,1H3,(H,19,21)(H,20,22). The van der Waals surface area contributed by atoms with E-state index >= 15 is 0 Å². The average molecular weight is 392 g/mol. The maximum Gasteiger partial charge on any atom is 0.274 e. The zero-order valence-electron chi connectivity index (χ0n) is 11.6. The van der Waals surface area contributed by atoms with Crippen LogP contribution in [0.2, 0.25) is 15.2 Å². The molecule has 0 unspecified atom stereocenters. The first-order chi connectivity index (χ1) is 10.9. The van der Waals surface area contributed by atoms with E-state index in [9.17, 15) is 9.59 Å². The molecule has 0 atom stereocenters. The molecule has 0 aliphatic heterocycles. The van der Waals surface area contributed by atoms with Crippen LogP contribution in [0.15, 0.2) is 29.6 Å². The van der Waals surface area contributed by atoms with Gasteiger partial charge in [0.25, 0.3) is 11.8 Å². The van der Waals surface area contributed by atoms with Crippen LogP contribution in [0, 0.1) is 0 Å². The number of rotatable bonds is 3. The van der Waals surface area contributed by atoms with Gasteiger partial charge in [0.05, 0.1) is 16.1 Å². The number of carbonyl (C=O) groups is 2. The van der Waals surface area contributed by atoms with Gasteiger partial charge in [-0.2, -0.15) is 0 Å². The first-order valence-electron chi connectivity index (χ1n) is 6.04. The number of nitrogens with zero attached hydrogens (tertiary/aromatic N) is 2. The van der Waals surface area contributed by atoms with Gasteiger partial charge in [0.2, 0.25) is 0 Å². The Kier molecular flexibility index (Phi) is 6.06. The zero-order chi connectivity index (χ0) is 17.0. The first kappa shape index (κ1) is 17.8. The van der Waals surface area contributed by atoms with Crippen molar-refractivity contribution in [1.82, 2.24) is 20.8 Å². The minimum Gasteiger partial charge on any atom is -0.267 e. The van der Waals surface area contributed by atoms with Gasteiger partial charge in [-0.3, -0.25) is 20.4 Å². The summed E-state index contributed by atoms with van der Waals surface area (Å²) in [5.74, 6) is -1.25. The van der Waals surface area contributed by atoms with Crippen molar-refractivity contribution in [3.63, 3.8) is 0 Å². The van der Waals surface area contributed by atoms with E-state index in [-0.39, 0.29) is 21.3 Å². The van der Waals surface area contributed by atoms with Crippen LogP contribution in [0.5, 0.6) is 0 Å². The lowest BCUT2D eigenvalue weighted by atomic mass is 10.2. The van der Waals surface area contributed by atoms with E-state index < -0.39 is 11.8 Å². The molecule has 0 aliphatic rings. The smallest absolute Gasteiger partial charge is 0.267 e. The first-order valence-corrected chi connectivity index (χ1v) is 8.40. The molecule has 1 heterocycles. The Morgan fingerprint density at radius 1 is 1.09 bits per heavy atom. The molecule has 2 amide bonds. The van der Waals surface area contributed by atoms with Crippen molar-refractivity contribution in [2.24, 2.45) is 0 Å². The highest BCUT2D eigenvalue weighted by molar-refractivity contribution is 7.98. The monoisotopic (exact) mass is 390 g/mol. The molecule has 120 valence electrons. The van der Waals surface area contributed by atoms with Crippen molar-refractivity contribution in [1.29, 1.82) is 0 Å². The zero-order valence-corrected chi connectivity index (χ0v) is 14.6. The number of benzene rings is 1. The minimum atomic E-state index is -0.652. The van der Waals surface area contributed by atoms with Gasteiger partial charge >= 0.3 is 0 Å². The highest BCUT2D eigenvalue weighted by Crippen LogP contribution is 2.20. The third-order valence-electron chi connectivity index (χ3n) is 2.61. The number of thioether (sulfide) groups is 1. The van der Waals surface area contributed by atoms with Crippen molar-refractivity contribution < 1.29 is 9.59 Å². The maximum atomic E-state index is 12.0. The van der Waals surface area contributed by atoms with Gasteiger partial charge in [0, 0.05) is 11.2 Å². The van der Waals surface area contributed by atoms with Crippen LogP contribution in [0.4, 0.5) is 0 Å². The average Bonchev–Trinajstić information content (AvgIpc) is 2.52. The second-order valence-electron chi connectivity index (χ2n) is 4.09. The summed E-state index contributed by atoms with van der Waals surface area (Å²) in [6.45, 7) is 0. The number of hydrogen-bond donors (Lipinski definition) is 2. The van der Waals surface area contributed by atoms with Crippen LogP contribution >= 0.6 is 46.6 Å². The fourth-order valence-corrected chi connectivity index (χ4v) is 2.62. The summed E-state index contributed by atoms with van der Waals surface area (Å²) in [4.78, 5) is 31.8. The number of hydrogen-bond acceptors (Lipinski definition) is 5. The Morgan fingerprint density at radius 2 is 1.74 bits per heavy atom. The number of carbonyl (C=O) groups excluding carboxylic acids is 2. The number of amides is 2. The summed E-state index contributed by atoms with van der Waals surface area (Å²) in [6, 6.07) is 4.37. The SMILES string of the molecule is CSc1ncc(C(=O)NNC(=O)c2ccc(Cl)cc2Cl)c(Cl)n1. The van der Waals surface area contributed by atoms with E-state index in [1.165, 1.54) is 36.2 Å². The van der Waals surface area contributed by atoms with Crippen molar-refractivity contribution in [3.8, 4) is 0 Å². The van der Waals surface area contributed by atoms with Crippen LogP contribution in [-0.4, -0.2) is 28.0 Å². The largest absolute Gasteiger partial charge is 0.274 e. The Balaban J connectivity index is 2.05. The molecule has 2 N–H and O–H groups in total. The second kappa shape index (κ2) is 7.83. The number of aromatic nitrogens is 2. The quantitative estimate of drug-likeness (QED) is 0.363. The Morgan fingerprint density at radius 3 is 2.30 bits per heavy atom. The molecule has 0 aliphatic carbocycles. The number of hydrazine groups is 1. The highest BCUT2D eigenvalue weighted by Gasteiger charge is 2.16. The molecule has 6 nitrogen and oxygen atoms in total. The topological polar surface area (TPSA) is 84.0 Å². The Labute approximate surface area is 150 Å². The van der Waals surface area contributed by atoms with Crippen molar-refractivity contribution in [3.05, 3.63) is 50.7 Å². The lowest BCUT2D eigenvalue weighted by molar-refractivity contribution is 0.0846. The molecule has 1 aromatic heterocycles. The molecule has 10 heteroatoms. The van der Waals surface area contributed by atoms with Gasteiger partial charge in [-0.05, 0) is 24.5 Å². The van der Waals surface area contributed by atoms with Crippen LogP contribution in [-0.2, 0) is 0 Å². The summed E-state index contributed by atoms with van der Waals surface area (Å²) in [6.07, 6.45) is 3.05. The molecule has 0 spiro atoms. The predicted octanol–water partition coefficient (Wildman–Crippen LogP) is 3.23. The molecule has 23 heavy (non-hydrogen) atoms. The predicted molar refractivity (Wildman–Crippen MR) is 90.2 cm³/mol. The van der Waals surface area contributed by atoms with Crippen molar-refractivity contribution >= 4 is 58.4 Å². The number of nitrogens with one attached hydrogen (secondary N) is 2. The minimum absolute atomic E-state index is 0.0133. The molecular weight excluding hydrogens is 383 g/mol. The van der Waals surface area contributed by atoms with Gasteiger partial charge < -0.3 is 0 Å². The van der Waals surface area contributed by atoms with Crippen LogP contribution in [0.3, 0.4) is 0 Å². The molecular formula is C13H9Cl3N4O2S. The van der Waals surface area contributed by atoms with Crippen LogP contribution < -0.4 is 10.9 Å². The molecule has 0 bridgehead atoms. The van der Waals surface area contributed by atoms with E-state index in [1.54, 1.807) is 6.26 Å². The lowest BCUT2D eigenvalue weighted by Gasteiger charge is -2.09. The van der Waals surface area contributed by atoms with E-state index in [0.29, 0.717) is 10.2 Å². The van der Waals surface area contributed by atoms with E-state index in [2.05, 4.69) is 20.8 Å². The second-order valence-corrected chi connectivity index (χ2v) is 6.07. The number of halogens is 3. The molecule has 0 fully saturated rings. The van der Waals surface area contributed by atoms with Gasteiger partial charge in [-0.1, -0.05) is 46.6 Å². The lowest BCUT2D eigenvalue weighted by Crippen LogP contribution is -2.42.